The Morgan fingerprint density at radius 1 is 1.24 bits per heavy atom. The number of carbonyl (C=O) groups excluding carboxylic acids is 1. The van der Waals surface area contributed by atoms with Gasteiger partial charge in [0.1, 0.15) is 0 Å². The average Bonchev–Trinajstić information content (AvgIpc) is 2.49. The molecule has 4 nitrogen and oxygen atoms in total. The molecule has 0 unspecified atom stereocenters. The second-order valence-electron chi connectivity index (χ2n) is 4.34. The molecule has 1 amide bonds. The van der Waals surface area contributed by atoms with Crippen LogP contribution in [-0.2, 0) is 0 Å². The molecule has 0 bridgehead atoms. The van der Waals surface area contributed by atoms with Gasteiger partial charge in [-0.3, -0.25) is 4.79 Å². The molecule has 0 spiro atoms. The summed E-state index contributed by atoms with van der Waals surface area (Å²) in [5.41, 5.74) is 2.30. The number of nitrogens with zero attached hydrogens (tertiary/aromatic N) is 1. The third-order valence-electron chi connectivity index (χ3n) is 2.88. The molecule has 2 aromatic rings. The van der Waals surface area contributed by atoms with Crippen molar-refractivity contribution in [3.05, 3.63) is 63.1 Å². The Bertz CT molecular complexity index is 699. The SMILES string of the molecule is C/C(=N\O)c1ccc(NC(=O)c2cc(Br)ccc2Cl)cc1. The van der Waals surface area contributed by atoms with Crippen LogP contribution in [0.3, 0.4) is 0 Å². The Morgan fingerprint density at radius 3 is 2.52 bits per heavy atom. The van der Waals surface area contributed by atoms with Gasteiger partial charge in [-0.25, -0.2) is 0 Å². The van der Waals surface area contributed by atoms with Crippen molar-refractivity contribution in [2.24, 2.45) is 5.16 Å². The van der Waals surface area contributed by atoms with E-state index in [2.05, 4.69) is 26.4 Å². The summed E-state index contributed by atoms with van der Waals surface area (Å²) >= 11 is 9.33. The van der Waals surface area contributed by atoms with E-state index < -0.39 is 0 Å². The van der Waals surface area contributed by atoms with Gasteiger partial charge in [-0.1, -0.05) is 44.8 Å². The van der Waals surface area contributed by atoms with Gasteiger partial charge in [-0.05, 0) is 42.8 Å². The number of amides is 1. The molecule has 0 aliphatic heterocycles. The quantitative estimate of drug-likeness (QED) is 0.475. The average molecular weight is 368 g/mol. The van der Waals surface area contributed by atoms with Gasteiger partial charge < -0.3 is 10.5 Å². The minimum absolute atomic E-state index is 0.290. The normalized spacial score (nSPS) is 11.3. The number of rotatable bonds is 3. The summed E-state index contributed by atoms with van der Waals surface area (Å²) in [6.07, 6.45) is 0. The lowest BCUT2D eigenvalue weighted by molar-refractivity contribution is 0.102. The Kier molecular flexibility index (Phi) is 4.98. The highest BCUT2D eigenvalue weighted by atomic mass is 79.9. The summed E-state index contributed by atoms with van der Waals surface area (Å²) in [4.78, 5) is 12.2. The lowest BCUT2D eigenvalue weighted by Gasteiger charge is -2.08. The van der Waals surface area contributed by atoms with Gasteiger partial charge in [-0.2, -0.15) is 0 Å². The fourth-order valence-electron chi connectivity index (χ4n) is 1.72. The summed E-state index contributed by atoms with van der Waals surface area (Å²) in [5, 5.41) is 15.0. The maximum Gasteiger partial charge on any atom is 0.257 e. The molecule has 108 valence electrons. The summed E-state index contributed by atoms with van der Waals surface area (Å²) < 4.78 is 0.780. The molecule has 2 aromatic carbocycles. The van der Waals surface area contributed by atoms with E-state index in [1.807, 2.05) is 0 Å². The molecule has 0 aliphatic rings. The van der Waals surface area contributed by atoms with Gasteiger partial charge in [0.05, 0.1) is 16.3 Å². The number of anilines is 1. The van der Waals surface area contributed by atoms with E-state index in [0.717, 1.165) is 10.0 Å². The van der Waals surface area contributed by atoms with Crippen molar-refractivity contribution in [2.75, 3.05) is 5.32 Å². The molecule has 0 saturated heterocycles. The Hall–Kier alpha value is -1.85. The molecule has 0 heterocycles. The lowest BCUT2D eigenvalue weighted by Crippen LogP contribution is -2.12. The largest absolute Gasteiger partial charge is 0.411 e. The van der Waals surface area contributed by atoms with E-state index in [9.17, 15) is 4.79 Å². The first-order valence-electron chi connectivity index (χ1n) is 6.07. The second kappa shape index (κ2) is 6.74. The molecule has 2 rings (SSSR count). The minimum atomic E-state index is -0.290. The van der Waals surface area contributed by atoms with Crippen LogP contribution in [0, 0.1) is 0 Å². The Labute approximate surface area is 135 Å². The minimum Gasteiger partial charge on any atom is -0.411 e. The van der Waals surface area contributed by atoms with Crippen LogP contribution in [0.15, 0.2) is 52.1 Å². The standard InChI is InChI=1S/C15H12BrClN2O2/c1-9(19-21)10-2-5-12(6-3-10)18-15(20)13-8-11(16)4-7-14(13)17/h2-8,21H,1H3,(H,18,20)/b19-9+. The highest BCUT2D eigenvalue weighted by molar-refractivity contribution is 9.10. The predicted octanol–water partition coefficient (Wildman–Crippen LogP) is 4.55. The number of halogens is 2. The van der Waals surface area contributed by atoms with Gasteiger partial charge >= 0.3 is 0 Å². The highest BCUT2D eigenvalue weighted by Crippen LogP contribution is 2.22. The highest BCUT2D eigenvalue weighted by Gasteiger charge is 2.11. The van der Waals surface area contributed by atoms with Crippen LogP contribution in [-0.4, -0.2) is 16.8 Å². The monoisotopic (exact) mass is 366 g/mol. The molecular weight excluding hydrogens is 356 g/mol. The van der Waals surface area contributed by atoms with Gasteiger partial charge in [-0.15, -0.1) is 0 Å². The van der Waals surface area contributed by atoms with Gasteiger partial charge in [0, 0.05) is 10.2 Å². The van der Waals surface area contributed by atoms with E-state index in [1.54, 1.807) is 49.4 Å². The molecule has 0 aliphatic carbocycles. The van der Waals surface area contributed by atoms with Crippen molar-refractivity contribution < 1.29 is 10.0 Å². The summed E-state index contributed by atoms with van der Waals surface area (Å²) in [6.45, 7) is 1.69. The van der Waals surface area contributed by atoms with Crippen molar-refractivity contribution in [2.45, 2.75) is 6.92 Å². The maximum atomic E-state index is 12.2. The van der Waals surface area contributed by atoms with E-state index in [-0.39, 0.29) is 5.91 Å². The van der Waals surface area contributed by atoms with Crippen molar-refractivity contribution >= 4 is 44.8 Å². The first-order chi connectivity index (χ1) is 10.0. The van der Waals surface area contributed by atoms with E-state index in [1.165, 1.54) is 0 Å². The zero-order valence-electron chi connectivity index (χ0n) is 11.1. The number of carbonyl (C=O) groups is 1. The zero-order valence-corrected chi connectivity index (χ0v) is 13.4. The third kappa shape index (κ3) is 3.83. The number of nitrogens with one attached hydrogen (secondary N) is 1. The summed E-state index contributed by atoms with van der Waals surface area (Å²) in [7, 11) is 0. The molecular formula is C15H12BrClN2O2. The van der Waals surface area contributed by atoms with E-state index in [0.29, 0.717) is 22.0 Å². The first kappa shape index (κ1) is 15.5. The van der Waals surface area contributed by atoms with E-state index >= 15 is 0 Å². The van der Waals surface area contributed by atoms with Crippen molar-refractivity contribution in [1.29, 1.82) is 0 Å². The molecule has 0 saturated carbocycles. The molecule has 2 N–H and O–H groups in total. The van der Waals surface area contributed by atoms with E-state index in [4.69, 9.17) is 16.8 Å². The molecule has 0 fully saturated rings. The first-order valence-corrected chi connectivity index (χ1v) is 7.24. The van der Waals surface area contributed by atoms with Crippen LogP contribution < -0.4 is 5.32 Å². The van der Waals surface area contributed by atoms with Crippen molar-refractivity contribution in [1.82, 2.24) is 0 Å². The van der Waals surface area contributed by atoms with Crippen LogP contribution in [0.4, 0.5) is 5.69 Å². The Morgan fingerprint density at radius 2 is 1.90 bits per heavy atom. The zero-order chi connectivity index (χ0) is 15.4. The molecule has 6 heteroatoms. The molecule has 0 radical (unpaired) electrons. The van der Waals surface area contributed by atoms with Crippen LogP contribution in [0.5, 0.6) is 0 Å². The Balaban J connectivity index is 2.18. The van der Waals surface area contributed by atoms with Crippen LogP contribution >= 0.6 is 27.5 Å². The van der Waals surface area contributed by atoms with Crippen molar-refractivity contribution in [3.8, 4) is 0 Å². The number of hydrogen-bond acceptors (Lipinski definition) is 3. The van der Waals surface area contributed by atoms with Crippen LogP contribution in [0.1, 0.15) is 22.8 Å². The fourth-order valence-corrected chi connectivity index (χ4v) is 2.29. The topological polar surface area (TPSA) is 61.7 Å². The van der Waals surface area contributed by atoms with Crippen LogP contribution in [0.2, 0.25) is 5.02 Å². The maximum absolute atomic E-state index is 12.2. The molecule has 0 aromatic heterocycles. The van der Waals surface area contributed by atoms with Crippen LogP contribution in [0.25, 0.3) is 0 Å². The molecule has 21 heavy (non-hydrogen) atoms. The van der Waals surface area contributed by atoms with Gasteiger partial charge in [0.25, 0.3) is 5.91 Å². The predicted molar refractivity (Wildman–Crippen MR) is 87.5 cm³/mol. The van der Waals surface area contributed by atoms with Gasteiger partial charge in [0.2, 0.25) is 0 Å². The fraction of sp³-hybridized carbons (Fsp3) is 0.0667. The number of oxime groups is 1. The smallest absolute Gasteiger partial charge is 0.257 e. The summed E-state index contributed by atoms with van der Waals surface area (Å²) in [5.74, 6) is -0.290. The van der Waals surface area contributed by atoms with Crippen molar-refractivity contribution in [3.63, 3.8) is 0 Å². The third-order valence-corrected chi connectivity index (χ3v) is 3.71. The lowest BCUT2D eigenvalue weighted by atomic mass is 10.1. The molecule has 0 atom stereocenters. The van der Waals surface area contributed by atoms with Gasteiger partial charge in [0.15, 0.2) is 0 Å². The summed E-state index contributed by atoms with van der Waals surface area (Å²) in [6, 6.07) is 12.1. The number of hydrogen-bond donors (Lipinski definition) is 2. The number of benzene rings is 2. The second-order valence-corrected chi connectivity index (χ2v) is 5.66.